The third-order valence-corrected chi connectivity index (χ3v) is 1.41. The maximum absolute atomic E-state index is 10.8. The van der Waals surface area contributed by atoms with Crippen molar-refractivity contribution in [3.63, 3.8) is 0 Å². The fourth-order valence-corrected chi connectivity index (χ4v) is 0.823. The van der Waals surface area contributed by atoms with Gasteiger partial charge in [-0.3, -0.25) is 9.59 Å². The predicted octanol–water partition coefficient (Wildman–Crippen LogP) is -1.48. The largest absolute Gasteiger partial charge is 0.619 e. The summed E-state index contributed by atoms with van der Waals surface area (Å²) in [6, 6.07) is 1.17. The van der Waals surface area contributed by atoms with Gasteiger partial charge in [-0.15, -0.1) is 0 Å². The molecule has 1 heterocycles. The van der Waals surface area contributed by atoms with Crippen molar-refractivity contribution in [3.8, 4) is 0 Å². The maximum Gasteiger partial charge on any atom is 0.254 e. The first-order valence-electron chi connectivity index (χ1n) is 3.34. The lowest BCUT2D eigenvalue weighted by Gasteiger charge is -2.00. The molecular formula is C7H7N3O3. The van der Waals surface area contributed by atoms with Gasteiger partial charge in [0.15, 0.2) is 12.4 Å². The maximum atomic E-state index is 10.8. The molecule has 0 saturated carbocycles. The normalized spacial score (nSPS) is 9.54. The summed E-state index contributed by atoms with van der Waals surface area (Å²) in [6.45, 7) is 0. The molecule has 6 heteroatoms. The number of pyridine rings is 1. The number of primary amides is 2. The molecule has 2 amide bonds. The average Bonchev–Trinajstić information content (AvgIpc) is 2.03. The zero-order chi connectivity index (χ0) is 10.0. The number of carbonyl (C=O) groups excluding carboxylic acids is 2. The molecule has 0 radical (unpaired) electrons. The van der Waals surface area contributed by atoms with Gasteiger partial charge >= 0.3 is 0 Å². The highest BCUT2D eigenvalue weighted by molar-refractivity contribution is 5.97. The van der Waals surface area contributed by atoms with Crippen LogP contribution in [-0.2, 0) is 0 Å². The van der Waals surface area contributed by atoms with Crippen LogP contribution in [0.2, 0.25) is 0 Å². The Kier molecular flexibility index (Phi) is 2.14. The number of amides is 2. The lowest BCUT2D eigenvalue weighted by atomic mass is 10.2. The average molecular weight is 181 g/mol. The molecule has 0 aliphatic rings. The van der Waals surface area contributed by atoms with Crippen LogP contribution < -0.4 is 16.2 Å². The van der Waals surface area contributed by atoms with E-state index < -0.39 is 11.8 Å². The molecule has 1 aromatic rings. The molecule has 1 aromatic heterocycles. The Labute approximate surface area is 73.3 Å². The van der Waals surface area contributed by atoms with Crippen LogP contribution in [0.3, 0.4) is 0 Å². The minimum atomic E-state index is -0.785. The van der Waals surface area contributed by atoms with Crippen LogP contribution in [0.15, 0.2) is 18.5 Å². The molecule has 1 rings (SSSR count). The summed E-state index contributed by atoms with van der Waals surface area (Å²) in [5, 5.41) is 10.8. The number of aromatic nitrogens is 1. The number of carbonyl (C=O) groups is 2. The molecule has 13 heavy (non-hydrogen) atoms. The molecule has 0 spiro atoms. The quantitative estimate of drug-likeness (QED) is 0.428. The Morgan fingerprint density at radius 1 is 1.15 bits per heavy atom. The molecule has 0 atom stereocenters. The second kappa shape index (κ2) is 3.10. The second-order valence-electron chi connectivity index (χ2n) is 2.40. The van der Waals surface area contributed by atoms with Gasteiger partial charge in [0.25, 0.3) is 11.8 Å². The van der Waals surface area contributed by atoms with Crippen molar-refractivity contribution in [2.75, 3.05) is 0 Å². The fourth-order valence-electron chi connectivity index (χ4n) is 0.823. The first-order valence-corrected chi connectivity index (χ1v) is 3.34. The summed E-state index contributed by atoms with van der Waals surface area (Å²) in [6.07, 6.45) is 1.93. The predicted molar refractivity (Wildman–Crippen MR) is 42.4 cm³/mol. The first-order chi connectivity index (χ1) is 6.00. The van der Waals surface area contributed by atoms with E-state index in [1.165, 1.54) is 6.07 Å². The molecule has 0 unspecified atom stereocenters. The van der Waals surface area contributed by atoms with E-state index >= 15 is 0 Å². The number of hydrogen-bond donors (Lipinski definition) is 2. The van der Waals surface area contributed by atoms with Crippen LogP contribution in [0.1, 0.15) is 20.7 Å². The summed E-state index contributed by atoms with van der Waals surface area (Å²) < 4.78 is 0.306. The van der Waals surface area contributed by atoms with Gasteiger partial charge in [0.2, 0.25) is 0 Å². The van der Waals surface area contributed by atoms with Crippen molar-refractivity contribution in [3.05, 3.63) is 34.8 Å². The van der Waals surface area contributed by atoms with Gasteiger partial charge in [-0.2, -0.15) is 4.73 Å². The first kappa shape index (κ1) is 8.98. The van der Waals surface area contributed by atoms with E-state index in [1.54, 1.807) is 0 Å². The Morgan fingerprint density at radius 2 is 1.54 bits per heavy atom. The minimum Gasteiger partial charge on any atom is -0.619 e. The van der Waals surface area contributed by atoms with Crippen molar-refractivity contribution in [2.24, 2.45) is 11.5 Å². The SMILES string of the molecule is NC(=O)c1cc(C(N)=O)c[n+]([O-])c1. The van der Waals surface area contributed by atoms with Gasteiger partial charge in [0.1, 0.15) is 11.1 Å². The second-order valence-corrected chi connectivity index (χ2v) is 2.40. The van der Waals surface area contributed by atoms with Gasteiger partial charge in [-0.1, -0.05) is 0 Å². The number of rotatable bonds is 2. The van der Waals surface area contributed by atoms with E-state index in [-0.39, 0.29) is 11.1 Å². The topological polar surface area (TPSA) is 113 Å². The molecule has 68 valence electrons. The van der Waals surface area contributed by atoms with E-state index in [4.69, 9.17) is 11.5 Å². The van der Waals surface area contributed by atoms with E-state index in [1.807, 2.05) is 0 Å². The van der Waals surface area contributed by atoms with Crippen LogP contribution in [0, 0.1) is 5.21 Å². The Morgan fingerprint density at radius 3 is 1.85 bits per heavy atom. The van der Waals surface area contributed by atoms with Gasteiger partial charge in [0, 0.05) is 0 Å². The van der Waals surface area contributed by atoms with Crippen molar-refractivity contribution >= 4 is 11.8 Å². The minimum absolute atomic E-state index is 0.0497. The van der Waals surface area contributed by atoms with Gasteiger partial charge in [-0.05, 0) is 6.07 Å². The summed E-state index contributed by atoms with van der Waals surface area (Å²) in [5.41, 5.74) is 9.72. The third-order valence-electron chi connectivity index (χ3n) is 1.41. The van der Waals surface area contributed by atoms with Crippen molar-refractivity contribution in [1.82, 2.24) is 0 Å². The van der Waals surface area contributed by atoms with Crippen molar-refractivity contribution in [1.29, 1.82) is 0 Å². The fraction of sp³-hybridized carbons (Fsp3) is 0. The number of hydrogen-bond acceptors (Lipinski definition) is 3. The molecule has 4 N–H and O–H groups in total. The Bertz CT molecular complexity index is 343. The lowest BCUT2D eigenvalue weighted by Crippen LogP contribution is -2.30. The monoisotopic (exact) mass is 181 g/mol. The van der Waals surface area contributed by atoms with E-state index in [0.717, 1.165) is 12.4 Å². The van der Waals surface area contributed by atoms with Crippen LogP contribution >= 0.6 is 0 Å². The highest BCUT2D eigenvalue weighted by atomic mass is 16.5. The Hall–Kier alpha value is -2.11. The highest BCUT2D eigenvalue weighted by Crippen LogP contribution is 1.99. The molecule has 0 bridgehead atoms. The van der Waals surface area contributed by atoms with E-state index in [2.05, 4.69) is 0 Å². The molecule has 6 nitrogen and oxygen atoms in total. The summed E-state index contributed by atoms with van der Waals surface area (Å²) >= 11 is 0. The zero-order valence-electron chi connectivity index (χ0n) is 6.56. The molecular weight excluding hydrogens is 174 g/mol. The summed E-state index contributed by atoms with van der Waals surface area (Å²) in [7, 11) is 0. The molecule has 0 aliphatic heterocycles. The van der Waals surface area contributed by atoms with Crippen LogP contribution in [-0.4, -0.2) is 11.8 Å². The standard InChI is InChI=1S/C7H7N3O3/c8-6(11)4-1-5(7(9)12)3-10(13)2-4/h1-3H,(H2,8,11)(H2,9,12). The number of nitrogens with two attached hydrogens (primary N) is 2. The molecule has 0 aliphatic carbocycles. The summed E-state index contributed by atoms with van der Waals surface area (Å²) in [4.78, 5) is 21.3. The van der Waals surface area contributed by atoms with Gasteiger partial charge in [-0.25, -0.2) is 0 Å². The van der Waals surface area contributed by atoms with E-state index in [0.29, 0.717) is 4.73 Å². The van der Waals surface area contributed by atoms with Crippen LogP contribution in [0.4, 0.5) is 0 Å². The van der Waals surface area contributed by atoms with Gasteiger partial charge in [0.05, 0.1) is 0 Å². The number of nitrogens with zero attached hydrogens (tertiary/aromatic N) is 1. The summed E-state index contributed by atoms with van der Waals surface area (Å²) in [5.74, 6) is -1.57. The van der Waals surface area contributed by atoms with Gasteiger partial charge < -0.3 is 16.7 Å². The van der Waals surface area contributed by atoms with Crippen molar-refractivity contribution in [2.45, 2.75) is 0 Å². The molecule has 0 aromatic carbocycles. The van der Waals surface area contributed by atoms with Crippen LogP contribution in [0.5, 0.6) is 0 Å². The van der Waals surface area contributed by atoms with Crippen molar-refractivity contribution < 1.29 is 14.3 Å². The molecule has 0 saturated heterocycles. The van der Waals surface area contributed by atoms with E-state index in [9.17, 15) is 14.8 Å². The highest BCUT2D eigenvalue weighted by Gasteiger charge is 2.11. The third kappa shape index (κ3) is 1.92. The Balaban J connectivity index is 3.26. The smallest absolute Gasteiger partial charge is 0.254 e. The molecule has 0 fully saturated rings. The zero-order valence-corrected chi connectivity index (χ0v) is 6.56. The van der Waals surface area contributed by atoms with Crippen LogP contribution in [0.25, 0.3) is 0 Å². The lowest BCUT2D eigenvalue weighted by molar-refractivity contribution is -0.605.